The van der Waals surface area contributed by atoms with E-state index in [0.717, 1.165) is 23.4 Å². The Labute approximate surface area is 186 Å². The number of nitrogens with one attached hydrogen (secondary N) is 1. The van der Waals surface area contributed by atoms with Gasteiger partial charge in [0.15, 0.2) is 0 Å². The fraction of sp³-hybridized carbons (Fsp3) is 0.381. The van der Waals surface area contributed by atoms with E-state index in [1.165, 1.54) is 19.1 Å². The van der Waals surface area contributed by atoms with Crippen LogP contribution in [-0.4, -0.2) is 63.5 Å². The van der Waals surface area contributed by atoms with E-state index in [1.807, 2.05) is 12.1 Å². The molecule has 0 bridgehead atoms. The minimum absolute atomic E-state index is 0.347. The van der Waals surface area contributed by atoms with E-state index in [2.05, 4.69) is 9.62 Å². The number of sulfonamides is 1. The third-order valence-corrected chi connectivity index (χ3v) is 6.96. The van der Waals surface area contributed by atoms with E-state index in [4.69, 9.17) is 16.3 Å². The molecule has 3 rings (SSSR count). The lowest BCUT2D eigenvalue weighted by Crippen LogP contribution is -2.53. The molecule has 0 aliphatic carbocycles. The van der Waals surface area contributed by atoms with E-state index in [1.54, 1.807) is 18.1 Å². The van der Waals surface area contributed by atoms with Crippen LogP contribution in [0.2, 0.25) is 5.02 Å². The van der Waals surface area contributed by atoms with Gasteiger partial charge in [0.2, 0.25) is 15.9 Å². The summed E-state index contributed by atoms with van der Waals surface area (Å²) in [6, 6.07) is 9.50. The number of methoxy groups -OCH3 is 1. The molecule has 1 heterocycles. The number of amides is 1. The summed E-state index contributed by atoms with van der Waals surface area (Å²) >= 11 is 6.09. The van der Waals surface area contributed by atoms with E-state index >= 15 is 0 Å². The molecule has 2 aromatic carbocycles. The minimum atomic E-state index is -4.15. The first-order valence-corrected chi connectivity index (χ1v) is 11.7. The predicted molar refractivity (Wildman–Crippen MR) is 116 cm³/mol. The Hall–Kier alpha value is -2.20. The molecule has 0 spiro atoms. The number of piperazine rings is 1. The van der Waals surface area contributed by atoms with Crippen LogP contribution >= 0.6 is 11.6 Å². The Morgan fingerprint density at radius 3 is 2.52 bits per heavy atom. The molecule has 1 aliphatic heterocycles. The summed E-state index contributed by atoms with van der Waals surface area (Å²) in [6.07, 6.45) is 0. The van der Waals surface area contributed by atoms with Gasteiger partial charge in [-0.15, -0.1) is 0 Å². The fourth-order valence-corrected chi connectivity index (χ4v) is 4.99. The number of ether oxygens (including phenoxy) is 1. The Morgan fingerprint density at radius 1 is 1.19 bits per heavy atom. The SMILES string of the molecule is COc1ccc(Cl)cc1CN1CCN(C(=O)[C@H](C)NS(=O)(=O)c2ccccc2F)CC1. The standard InChI is InChI=1S/C21H25ClFN3O4S/c1-15(24-31(28,29)20-6-4-3-5-18(20)23)21(27)26-11-9-25(10-12-26)14-16-13-17(22)7-8-19(16)30-2/h3-8,13,15,24H,9-12,14H2,1-2H3/t15-/m0/s1. The summed E-state index contributed by atoms with van der Waals surface area (Å²) < 4.78 is 46.4. The van der Waals surface area contributed by atoms with Gasteiger partial charge >= 0.3 is 0 Å². The highest BCUT2D eigenvalue weighted by atomic mass is 35.5. The van der Waals surface area contributed by atoms with Gasteiger partial charge in [-0.05, 0) is 37.3 Å². The number of nitrogens with zero attached hydrogens (tertiary/aromatic N) is 2. The fourth-order valence-electron chi connectivity index (χ4n) is 3.52. The van der Waals surface area contributed by atoms with Crippen molar-refractivity contribution in [3.63, 3.8) is 0 Å². The average molecular weight is 470 g/mol. The third-order valence-electron chi connectivity index (χ3n) is 5.15. The number of carbonyl (C=O) groups is 1. The summed E-state index contributed by atoms with van der Waals surface area (Å²) in [4.78, 5) is 16.1. The molecule has 1 aliphatic rings. The largest absolute Gasteiger partial charge is 0.496 e. The zero-order valence-electron chi connectivity index (χ0n) is 17.3. The summed E-state index contributed by atoms with van der Waals surface area (Å²) in [5.74, 6) is -0.460. The van der Waals surface area contributed by atoms with Crippen LogP contribution in [0.1, 0.15) is 12.5 Å². The molecule has 0 unspecified atom stereocenters. The topological polar surface area (TPSA) is 79.0 Å². The van der Waals surface area contributed by atoms with Gasteiger partial charge in [-0.2, -0.15) is 4.72 Å². The van der Waals surface area contributed by atoms with Gasteiger partial charge in [0.1, 0.15) is 16.5 Å². The molecule has 0 radical (unpaired) electrons. The van der Waals surface area contributed by atoms with Crippen molar-refractivity contribution in [3.05, 3.63) is 58.9 Å². The predicted octanol–water partition coefficient (Wildman–Crippen LogP) is 2.50. The third kappa shape index (κ3) is 5.74. The van der Waals surface area contributed by atoms with Crippen LogP contribution in [0.5, 0.6) is 5.75 Å². The highest BCUT2D eigenvalue weighted by Crippen LogP contribution is 2.24. The monoisotopic (exact) mass is 469 g/mol. The second kappa shape index (κ2) is 9.95. The maximum absolute atomic E-state index is 13.9. The maximum Gasteiger partial charge on any atom is 0.244 e. The summed E-state index contributed by atoms with van der Waals surface area (Å²) in [5.41, 5.74) is 0.959. The van der Waals surface area contributed by atoms with E-state index in [-0.39, 0.29) is 5.91 Å². The summed E-state index contributed by atoms with van der Waals surface area (Å²) in [6.45, 7) is 4.23. The first-order chi connectivity index (χ1) is 14.7. The van der Waals surface area contributed by atoms with Crippen LogP contribution in [0.25, 0.3) is 0 Å². The van der Waals surface area contributed by atoms with Crippen molar-refractivity contribution < 1.29 is 22.3 Å². The molecule has 1 fully saturated rings. The van der Waals surface area contributed by atoms with Crippen LogP contribution in [-0.2, 0) is 21.4 Å². The zero-order valence-corrected chi connectivity index (χ0v) is 18.9. The van der Waals surface area contributed by atoms with Crippen LogP contribution in [0, 0.1) is 5.82 Å². The van der Waals surface area contributed by atoms with Gasteiger partial charge in [-0.1, -0.05) is 23.7 Å². The van der Waals surface area contributed by atoms with Crippen molar-refractivity contribution >= 4 is 27.5 Å². The lowest BCUT2D eigenvalue weighted by atomic mass is 10.1. The molecule has 1 N–H and O–H groups in total. The van der Waals surface area contributed by atoms with Crippen LogP contribution in [0.4, 0.5) is 4.39 Å². The van der Waals surface area contributed by atoms with Crippen molar-refractivity contribution in [1.29, 1.82) is 0 Å². The molecular weight excluding hydrogens is 445 g/mol. The molecule has 1 saturated heterocycles. The molecule has 0 saturated carbocycles. The van der Waals surface area contributed by atoms with Gasteiger partial charge in [0.05, 0.1) is 13.2 Å². The highest BCUT2D eigenvalue weighted by Gasteiger charge is 2.29. The van der Waals surface area contributed by atoms with Gasteiger partial charge < -0.3 is 9.64 Å². The van der Waals surface area contributed by atoms with Crippen molar-refractivity contribution in [2.75, 3.05) is 33.3 Å². The Bertz CT molecular complexity index is 1040. The molecule has 7 nitrogen and oxygen atoms in total. The van der Waals surface area contributed by atoms with Crippen LogP contribution < -0.4 is 9.46 Å². The number of hydrogen-bond donors (Lipinski definition) is 1. The number of hydrogen-bond acceptors (Lipinski definition) is 5. The number of carbonyl (C=O) groups excluding carboxylic acids is 1. The molecule has 1 atom stereocenters. The van der Waals surface area contributed by atoms with E-state index in [0.29, 0.717) is 37.7 Å². The lowest BCUT2D eigenvalue weighted by molar-refractivity contribution is -0.134. The summed E-state index contributed by atoms with van der Waals surface area (Å²) in [7, 11) is -2.54. The normalized spacial score (nSPS) is 16.2. The molecule has 2 aromatic rings. The molecule has 168 valence electrons. The van der Waals surface area contributed by atoms with Crippen molar-refractivity contribution in [1.82, 2.24) is 14.5 Å². The maximum atomic E-state index is 13.9. The van der Waals surface area contributed by atoms with Crippen molar-refractivity contribution in [2.24, 2.45) is 0 Å². The Morgan fingerprint density at radius 2 is 1.87 bits per heavy atom. The smallest absolute Gasteiger partial charge is 0.244 e. The molecule has 31 heavy (non-hydrogen) atoms. The summed E-state index contributed by atoms with van der Waals surface area (Å²) in [5, 5.41) is 0.626. The quantitative estimate of drug-likeness (QED) is 0.674. The zero-order chi connectivity index (χ0) is 22.6. The first-order valence-electron chi connectivity index (χ1n) is 9.81. The second-order valence-electron chi connectivity index (χ2n) is 7.33. The Balaban J connectivity index is 1.57. The highest BCUT2D eigenvalue weighted by molar-refractivity contribution is 7.89. The minimum Gasteiger partial charge on any atom is -0.496 e. The van der Waals surface area contributed by atoms with Crippen LogP contribution in [0.3, 0.4) is 0 Å². The number of halogens is 2. The molecule has 1 amide bonds. The van der Waals surface area contributed by atoms with Crippen molar-refractivity contribution in [3.8, 4) is 5.75 Å². The lowest BCUT2D eigenvalue weighted by Gasteiger charge is -2.36. The van der Waals surface area contributed by atoms with Gasteiger partial charge in [-0.3, -0.25) is 9.69 Å². The second-order valence-corrected chi connectivity index (χ2v) is 9.45. The van der Waals surface area contributed by atoms with Crippen molar-refractivity contribution in [2.45, 2.75) is 24.4 Å². The number of rotatable bonds is 7. The Kier molecular flexibility index (Phi) is 7.53. The molecule has 0 aromatic heterocycles. The van der Waals surface area contributed by atoms with E-state index < -0.39 is 26.8 Å². The molecular formula is C21H25ClFN3O4S. The first kappa shape index (κ1) is 23.5. The van der Waals surface area contributed by atoms with Crippen LogP contribution in [0.15, 0.2) is 47.4 Å². The van der Waals surface area contributed by atoms with Gasteiger partial charge in [-0.25, -0.2) is 12.8 Å². The van der Waals surface area contributed by atoms with E-state index in [9.17, 15) is 17.6 Å². The number of benzene rings is 2. The molecule has 10 heteroatoms. The van der Waals surface area contributed by atoms with Gasteiger partial charge in [0.25, 0.3) is 0 Å². The average Bonchev–Trinajstić information content (AvgIpc) is 2.74. The van der Waals surface area contributed by atoms with Gasteiger partial charge in [0, 0.05) is 43.3 Å².